The van der Waals surface area contributed by atoms with Crippen LogP contribution in [0.3, 0.4) is 0 Å². The Hall–Kier alpha value is -0.0800. The predicted molar refractivity (Wildman–Crippen MR) is 74.2 cm³/mol. The van der Waals surface area contributed by atoms with Crippen LogP contribution in [0.15, 0.2) is 0 Å². The standard InChI is InChI=1S/C13H26O2.C2H6/c1-6-13(5,14)11-9-10(7-8-15-11)12(2,3)4;1-2/h10-11,14H,6-9H2,1-5H3;1-2H3. The summed E-state index contributed by atoms with van der Waals surface area (Å²) in [6.45, 7) is 15.5. The largest absolute Gasteiger partial charge is 0.387 e. The topological polar surface area (TPSA) is 29.5 Å². The van der Waals surface area contributed by atoms with Gasteiger partial charge in [-0.25, -0.2) is 0 Å². The minimum absolute atomic E-state index is 0.0143. The zero-order chi connectivity index (χ0) is 13.7. The SMILES string of the molecule is CC.CCC(C)(O)C1CC(C(C)(C)C)CCO1. The molecule has 1 heterocycles. The van der Waals surface area contributed by atoms with E-state index in [1.807, 2.05) is 27.7 Å². The third-order valence-electron chi connectivity index (χ3n) is 3.92. The molecule has 0 aromatic rings. The molecule has 0 saturated carbocycles. The average molecular weight is 244 g/mol. The molecule has 3 atom stereocenters. The lowest BCUT2D eigenvalue weighted by atomic mass is 9.72. The van der Waals surface area contributed by atoms with E-state index in [9.17, 15) is 5.11 Å². The lowest BCUT2D eigenvalue weighted by Crippen LogP contribution is -2.46. The average Bonchev–Trinajstić information content (AvgIpc) is 2.31. The summed E-state index contributed by atoms with van der Waals surface area (Å²) in [6, 6.07) is 0. The Morgan fingerprint density at radius 2 is 1.71 bits per heavy atom. The smallest absolute Gasteiger partial charge is 0.0877 e. The molecule has 0 aromatic heterocycles. The van der Waals surface area contributed by atoms with Crippen molar-refractivity contribution in [1.82, 2.24) is 0 Å². The summed E-state index contributed by atoms with van der Waals surface area (Å²) in [5, 5.41) is 10.2. The Bertz CT molecular complexity index is 203. The summed E-state index contributed by atoms with van der Waals surface area (Å²) < 4.78 is 5.71. The molecule has 17 heavy (non-hydrogen) atoms. The first-order chi connectivity index (χ1) is 7.77. The summed E-state index contributed by atoms with van der Waals surface area (Å²) in [7, 11) is 0. The Balaban J connectivity index is 0.00000121. The zero-order valence-corrected chi connectivity index (χ0v) is 12.8. The molecular formula is C15H32O2. The molecule has 0 radical (unpaired) electrons. The normalized spacial score (nSPS) is 28.9. The van der Waals surface area contributed by atoms with E-state index in [-0.39, 0.29) is 6.10 Å². The van der Waals surface area contributed by atoms with Crippen LogP contribution < -0.4 is 0 Å². The molecule has 1 rings (SSSR count). The maximum Gasteiger partial charge on any atom is 0.0877 e. The Morgan fingerprint density at radius 3 is 2.12 bits per heavy atom. The van der Waals surface area contributed by atoms with Gasteiger partial charge in [0.25, 0.3) is 0 Å². The fraction of sp³-hybridized carbons (Fsp3) is 1.00. The van der Waals surface area contributed by atoms with Gasteiger partial charge >= 0.3 is 0 Å². The molecular weight excluding hydrogens is 212 g/mol. The molecule has 0 aromatic carbocycles. The maximum atomic E-state index is 10.2. The number of ether oxygens (including phenoxy) is 1. The molecule has 1 saturated heterocycles. The number of hydrogen-bond donors (Lipinski definition) is 1. The maximum absolute atomic E-state index is 10.2. The zero-order valence-electron chi connectivity index (χ0n) is 12.8. The van der Waals surface area contributed by atoms with Crippen molar-refractivity contribution in [2.75, 3.05) is 6.61 Å². The van der Waals surface area contributed by atoms with E-state index in [2.05, 4.69) is 20.8 Å². The van der Waals surface area contributed by atoms with E-state index in [0.717, 1.165) is 25.9 Å². The molecule has 3 unspecified atom stereocenters. The second-order valence-corrected chi connectivity index (χ2v) is 6.16. The molecule has 1 aliphatic rings. The molecule has 2 nitrogen and oxygen atoms in total. The first kappa shape index (κ1) is 16.9. The van der Waals surface area contributed by atoms with Crippen LogP contribution in [-0.2, 0) is 4.74 Å². The minimum atomic E-state index is -0.663. The fourth-order valence-electron chi connectivity index (χ4n) is 2.24. The first-order valence-electron chi connectivity index (χ1n) is 7.11. The van der Waals surface area contributed by atoms with E-state index in [1.54, 1.807) is 0 Å². The Labute approximate surface area is 108 Å². The van der Waals surface area contributed by atoms with Gasteiger partial charge in [-0.15, -0.1) is 0 Å². The highest BCUT2D eigenvalue weighted by atomic mass is 16.5. The molecule has 1 aliphatic heterocycles. The van der Waals surface area contributed by atoms with Crippen molar-refractivity contribution in [2.24, 2.45) is 11.3 Å². The number of hydrogen-bond acceptors (Lipinski definition) is 2. The molecule has 0 bridgehead atoms. The van der Waals surface area contributed by atoms with Crippen LogP contribution in [0, 0.1) is 11.3 Å². The van der Waals surface area contributed by atoms with Crippen molar-refractivity contribution in [2.45, 2.75) is 79.4 Å². The van der Waals surface area contributed by atoms with Crippen molar-refractivity contribution in [1.29, 1.82) is 0 Å². The third kappa shape index (κ3) is 4.97. The van der Waals surface area contributed by atoms with Crippen molar-refractivity contribution >= 4 is 0 Å². The molecule has 0 amide bonds. The first-order valence-corrected chi connectivity index (χ1v) is 7.11. The highest BCUT2D eigenvalue weighted by Crippen LogP contribution is 2.38. The van der Waals surface area contributed by atoms with E-state index >= 15 is 0 Å². The molecule has 1 N–H and O–H groups in total. The van der Waals surface area contributed by atoms with E-state index in [0.29, 0.717) is 11.3 Å². The van der Waals surface area contributed by atoms with Gasteiger partial charge in [-0.3, -0.25) is 0 Å². The Morgan fingerprint density at radius 1 is 1.18 bits per heavy atom. The second-order valence-electron chi connectivity index (χ2n) is 6.16. The summed E-state index contributed by atoms with van der Waals surface area (Å²) in [6.07, 6.45) is 2.89. The highest BCUT2D eigenvalue weighted by molar-refractivity contribution is 4.89. The molecule has 1 fully saturated rings. The lowest BCUT2D eigenvalue weighted by Gasteiger charge is -2.42. The quantitative estimate of drug-likeness (QED) is 0.795. The minimum Gasteiger partial charge on any atom is -0.387 e. The monoisotopic (exact) mass is 244 g/mol. The van der Waals surface area contributed by atoms with Crippen molar-refractivity contribution in [3.8, 4) is 0 Å². The van der Waals surface area contributed by atoms with E-state index in [4.69, 9.17) is 4.74 Å². The van der Waals surface area contributed by atoms with Gasteiger partial charge in [-0.1, -0.05) is 41.5 Å². The number of aliphatic hydroxyl groups is 1. The van der Waals surface area contributed by atoms with Crippen LogP contribution in [0.4, 0.5) is 0 Å². The van der Waals surface area contributed by atoms with Crippen LogP contribution in [0.2, 0.25) is 0 Å². The predicted octanol–water partition coefficient (Wildman–Crippen LogP) is 4.01. The van der Waals surface area contributed by atoms with Crippen molar-refractivity contribution in [3.05, 3.63) is 0 Å². The summed E-state index contributed by atoms with van der Waals surface area (Å²) in [5.74, 6) is 0.661. The molecule has 0 aliphatic carbocycles. The van der Waals surface area contributed by atoms with Gasteiger partial charge in [-0.05, 0) is 37.5 Å². The van der Waals surface area contributed by atoms with E-state index in [1.165, 1.54) is 0 Å². The fourth-order valence-corrected chi connectivity index (χ4v) is 2.24. The van der Waals surface area contributed by atoms with Gasteiger partial charge in [0, 0.05) is 6.61 Å². The highest BCUT2D eigenvalue weighted by Gasteiger charge is 2.38. The molecule has 0 spiro atoms. The van der Waals surface area contributed by atoms with Gasteiger partial charge in [0.2, 0.25) is 0 Å². The lowest BCUT2D eigenvalue weighted by molar-refractivity contribution is -0.140. The van der Waals surface area contributed by atoms with Gasteiger partial charge in [0.05, 0.1) is 11.7 Å². The van der Waals surface area contributed by atoms with Crippen molar-refractivity contribution in [3.63, 3.8) is 0 Å². The van der Waals surface area contributed by atoms with Crippen LogP contribution >= 0.6 is 0 Å². The second kappa shape index (κ2) is 6.75. The van der Waals surface area contributed by atoms with Crippen molar-refractivity contribution < 1.29 is 9.84 Å². The van der Waals surface area contributed by atoms with Gasteiger partial charge in [-0.2, -0.15) is 0 Å². The van der Waals surface area contributed by atoms with Gasteiger partial charge < -0.3 is 9.84 Å². The van der Waals surface area contributed by atoms with Crippen LogP contribution in [0.5, 0.6) is 0 Å². The van der Waals surface area contributed by atoms with Crippen LogP contribution in [0.25, 0.3) is 0 Å². The van der Waals surface area contributed by atoms with Crippen LogP contribution in [-0.4, -0.2) is 23.4 Å². The van der Waals surface area contributed by atoms with E-state index < -0.39 is 5.60 Å². The van der Waals surface area contributed by atoms with Crippen LogP contribution in [0.1, 0.15) is 67.7 Å². The third-order valence-corrected chi connectivity index (χ3v) is 3.92. The van der Waals surface area contributed by atoms with Gasteiger partial charge in [0.1, 0.15) is 0 Å². The molecule has 2 heteroatoms. The summed E-state index contributed by atoms with van der Waals surface area (Å²) >= 11 is 0. The Kier molecular flexibility index (Phi) is 6.71. The summed E-state index contributed by atoms with van der Waals surface area (Å²) in [4.78, 5) is 0. The van der Waals surface area contributed by atoms with Gasteiger partial charge in [0.15, 0.2) is 0 Å². The summed E-state index contributed by atoms with van der Waals surface area (Å²) in [5.41, 5.74) is -0.338. The molecule has 104 valence electrons. The number of rotatable bonds is 2.